The van der Waals surface area contributed by atoms with Gasteiger partial charge in [-0.15, -0.1) is 0 Å². The lowest BCUT2D eigenvalue weighted by Crippen LogP contribution is -2.51. The lowest BCUT2D eigenvalue weighted by Gasteiger charge is -2.55. The molecular formula is C29H29F4NO2. The smallest absolute Gasteiger partial charge is 0.399 e. The van der Waals surface area contributed by atoms with Gasteiger partial charge in [0.2, 0.25) is 0 Å². The van der Waals surface area contributed by atoms with Crippen molar-refractivity contribution in [2.24, 2.45) is 22.7 Å². The highest BCUT2D eigenvalue weighted by atomic mass is 19.4. The lowest BCUT2D eigenvalue weighted by molar-refractivity contribution is -0.130. The number of alkyl halides is 4. The van der Waals surface area contributed by atoms with Crippen LogP contribution in [0.3, 0.4) is 0 Å². The van der Waals surface area contributed by atoms with Crippen molar-refractivity contribution >= 4 is 17.3 Å². The number of allylic oxidation sites excluding steroid dienone is 4. The minimum atomic E-state index is -4.71. The summed E-state index contributed by atoms with van der Waals surface area (Å²) in [6.45, 7) is 3.21. The topological polar surface area (TPSA) is 60.2 Å². The molecule has 2 saturated carbocycles. The van der Waals surface area contributed by atoms with Gasteiger partial charge in [0.1, 0.15) is 12.0 Å². The summed E-state index contributed by atoms with van der Waals surface area (Å²) in [6.07, 6.45) is -2.53. The van der Waals surface area contributed by atoms with E-state index in [4.69, 9.17) is 5.73 Å². The predicted molar refractivity (Wildman–Crippen MR) is 128 cm³/mol. The molecule has 0 amide bonds. The molecule has 7 heteroatoms. The molecule has 2 fully saturated rings. The van der Waals surface area contributed by atoms with Crippen molar-refractivity contribution in [1.82, 2.24) is 0 Å². The summed E-state index contributed by atoms with van der Waals surface area (Å²) in [5.41, 5.74) is 7.52. The zero-order valence-electron chi connectivity index (χ0n) is 20.3. The molecule has 0 aromatic heterocycles. The van der Waals surface area contributed by atoms with Gasteiger partial charge in [0.25, 0.3) is 0 Å². The molecule has 0 bridgehead atoms. The molecule has 6 atom stereocenters. The molecule has 4 aliphatic rings. The molecule has 0 radical (unpaired) electrons. The molecular weight excluding hydrogens is 470 g/mol. The summed E-state index contributed by atoms with van der Waals surface area (Å²) in [7, 11) is 0. The van der Waals surface area contributed by atoms with Gasteiger partial charge < -0.3 is 5.73 Å². The first-order valence-corrected chi connectivity index (χ1v) is 12.5. The van der Waals surface area contributed by atoms with Crippen molar-refractivity contribution in [3.8, 4) is 11.8 Å². The average molecular weight is 500 g/mol. The highest BCUT2D eigenvalue weighted by molar-refractivity contribution is 5.93. The Hall–Kier alpha value is -2.88. The standard InChI is InChI=1S/C29H29F4NO2/c1-16(35)28(11-12-29(31,32)33)10-9-24-22-14-25(30)21-13-19(36)7-8-20(21)26(22)23(15-27(24,28)2)17-3-5-18(34)6-4-17/h3-6,13,22-25H,7-10,14-15,34H2,1-2H3/t22-,23+,24-,25?,27-,28+/m0/s1. The number of rotatable bonds is 2. The minimum absolute atomic E-state index is 0.0842. The molecule has 0 aliphatic heterocycles. The van der Waals surface area contributed by atoms with Gasteiger partial charge in [0, 0.05) is 23.9 Å². The van der Waals surface area contributed by atoms with Crippen LogP contribution >= 0.6 is 0 Å². The first kappa shape index (κ1) is 24.8. The average Bonchev–Trinajstić information content (AvgIpc) is 3.11. The van der Waals surface area contributed by atoms with Gasteiger partial charge in [-0.2, -0.15) is 13.2 Å². The van der Waals surface area contributed by atoms with Gasteiger partial charge in [-0.1, -0.05) is 30.6 Å². The number of Topliss-reactive ketones (excluding diaryl/α,β-unsaturated/α-hetero) is 1. The number of halogens is 4. The van der Waals surface area contributed by atoms with Crippen LogP contribution in [-0.2, 0) is 9.59 Å². The van der Waals surface area contributed by atoms with E-state index in [9.17, 15) is 22.8 Å². The summed E-state index contributed by atoms with van der Waals surface area (Å²) in [4.78, 5) is 25.2. The maximum Gasteiger partial charge on any atom is 0.457 e. The van der Waals surface area contributed by atoms with Gasteiger partial charge in [-0.3, -0.25) is 9.59 Å². The fourth-order valence-corrected chi connectivity index (χ4v) is 7.74. The van der Waals surface area contributed by atoms with E-state index in [0.29, 0.717) is 36.9 Å². The maximum atomic E-state index is 15.6. The largest absolute Gasteiger partial charge is 0.457 e. The van der Waals surface area contributed by atoms with Gasteiger partial charge in [0.05, 0.1) is 5.41 Å². The third kappa shape index (κ3) is 3.72. The summed E-state index contributed by atoms with van der Waals surface area (Å²) in [6, 6.07) is 7.36. The zero-order valence-corrected chi connectivity index (χ0v) is 20.3. The van der Waals surface area contributed by atoms with Crippen LogP contribution in [-0.4, -0.2) is 23.9 Å². The van der Waals surface area contributed by atoms with Crippen molar-refractivity contribution in [2.75, 3.05) is 5.73 Å². The first-order valence-electron chi connectivity index (χ1n) is 12.5. The Morgan fingerprint density at radius 1 is 1.17 bits per heavy atom. The highest BCUT2D eigenvalue weighted by Gasteiger charge is 2.65. The molecule has 2 N–H and O–H groups in total. The number of hydrogen-bond donors (Lipinski definition) is 1. The van der Waals surface area contributed by atoms with Crippen molar-refractivity contribution < 1.29 is 27.2 Å². The molecule has 1 aromatic carbocycles. The second-order valence-electron chi connectivity index (χ2n) is 11.0. The molecule has 3 nitrogen and oxygen atoms in total. The quantitative estimate of drug-likeness (QED) is 0.297. The van der Waals surface area contributed by atoms with Crippen LogP contribution in [0.1, 0.15) is 63.9 Å². The lowest BCUT2D eigenvalue weighted by atomic mass is 9.48. The second-order valence-corrected chi connectivity index (χ2v) is 11.0. The van der Waals surface area contributed by atoms with E-state index in [1.54, 1.807) is 12.1 Å². The number of ketones is 2. The number of benzene rings is 1. The van der Waals surface area contributed by atoms with Crippen LogP contribution in [0.5, 0.6) is 0 Å². The molecule has 1 aromatic rings. The number of fused-ring (bicyclic) bond motifs is 4. The third-order valence-electron chi connectivity index (χ3n) is 9.30. The fraction of sp³-hybridized carbons (Fsp3) is 0.517. The van der Waals surface area contributed by atoms with Crippen molar-refractivity contribution in [2.45, 2.75) is 70.6 Å². The van der Waals surface area contributed by atoms with Crippen LogP contribution in [0.25, 0.3) is 0 Å². The van der Waals surface area contributed by atoms with E-state index in [1.165, 1.54) is 18.9 Å². The Morgan fingerprint density at radius 3 is 2.50 bits per heavy atom. The van der Waals surface area contributed by atoms with E-state index >= 15 is 4.39 Å². The number of hydrogen-bond acceptors (Lipinski definition) is 3. The number of nitrogen functional groups attached to an aromatic ring is 1. The Kier molecular flexibility index (Phi) is 5.74. The molecule has 1 unspecified atom stereocenters. The van der Waals surface area contributed by atoms with Crippen LogP contribution in [0.4, 0.5) is 23.2 Å². The van der Waals surface area contributed by atoms with Gasteiger partial charge >= 0.3 is 6.18 Å². The summed E-state index contributed by atoms with van der Waals surface area (Å²) < 4.78 is 55.2. The number of anilines is 1. The predicted octanol–water partition coefficient (Wildman–Crippen LogP) is 6.26. The van der Waals surface area contributed by atoms with Crippen molar-refractivity contribution in [3.63, 3.8) is 0 Å². The summed E-state index contributed by atoms with van der Waals surface area (Å²) in [5, 5.41) is 0. The van der Waals surface area contributed by atoms with E-state index in [2.05, 4.69) is 5.92 Å². The molecule has 5 rings (SSSR count). The van der Waals surface area contributed by atoms with Crippen LogP contribution < -0.4 is 5.73 Å². The SMILES string of the molecule is CC(=O)[C@]1(C#CC(F)(F)F)CC[C@H]2[C@@H]3CC(F)C4=CC(=O)CCC4=C3[C@@H](c3ccc(N)cc3)C[C@@]21C. The molecule has 0 saturated heterocycles. The monoisotopic (exact) mass is 499 g/mol. The molecule has 36 heavy (non-hydrogen) atoms. The Bertz CT molecular complexity index is 1250. The van der Waals surface area contributed by atoms with Gasteiger partial charge in [-0.05, 0) is 91.2 Å². The number of carbonyl (C=O) groups is 2. The van der Waals surface area contributed by atoms with Crippen molar-refractivity contribution in [3.05, 3.63) is 52.6 Å². The zero-order chi connectivity index (χ0) is 26.0. The van der Waals surface area contributed by atoms with Gasteiger partial charge in [-0.25, -0.2) is 4.39 Å². The van der Waals surface area contributed by atoms with Crippen LogP contribution in [0, 0.1) is 34.5 Å². The van der Waals surface area contributed by atoms with E-state index in [1.807, 2.05) is 19.1 Å². The Balaban J connectivity index is 1.73. The second kappa shape index (κ2) is 8.33. The van der Waals surface area contributed by atoms with Crippen LogP contribution in [0.2, 0.25) is 0 Å². The Morgan fingerprint density at radius 2 is 1.86 bits per heavy atom. The molecule has 190 valence electrons. The van der Waals surface area contributed by atoms with E-state index in [0.717, 1.165) is 16.7 Å². The van der Waals surface area contributed by atoms with E-state index in [-0.39, 0.29) is 42.2 Å². The number of carbonyl (C=O) groups excluding carboxylic acids is 2. The van der Waals surface area contributed by atoms with Gasteiger partial charge in [0.15, 0.2) is 5.78 Å². The molecule has 0 spiro atoms. The molecule has 0 heterocycles. The third-order valence-corrected chi connectivity index (χ3v) is 9.30. The van der Waals surface area contributed by atoms with Crippen molar-refractivity contribution in [1.29, 1.82) is 0 Å². The highest BCUT2D eigenvalue weighted by Crippen LogP contribution is 2.69. The first-order chi connectivity index (χ1) is 16.9. The molecule has 4 aliphatic carbocycles. The van der Waals surface area contributed by atoms with Crippen LogP contribution in [0.15, 0.2) is 47.1 Å². The normalized spacial score (nSPS) is 35.7. The Labute approximate surface area is 208 Å². The van der Waals surface area contributed by atoms with E-state index < -0.39 is 23.2 Å². The maximum absolute atomic E-state index is 15.6. The summed E-state index contributed by atoms with van der Waals surface area (Å²) >= 11 is 0. The minimum Gasteiger partial charge on any atom is -0.399 e. The number of nitrogens with two attached hydrogens (primary N) is 1. The summed E-state index contributed by atoms with van der Waals surface area (Å²) in [5.74, 6) is 2.72. The fourth-order valence-electron chi connectivity index (χ4n) is 7.74.